The molecule has 0 saturated heterocycles. The molecule has 0 bridgehead atoms. The van der Waals surface area contributed by atoms with Gasteiger partial charge in [0.15, 0.2) is 0 Å². The SMILES string of the molecule is Cc1oc2ccccc2c1CN[C@H](C)c1ccc(Br)cc1. The van der Waals surface area contributed by atoms with Gasteiger partial charge in [0.1, 0.15) is 11.3 Å². The summed E-state index contributed by atoms with van der Waals surface area (Å²) < 4.78 is 6.91. The van der Waals surface area contributed by atoms with Crippen molar-refractivity contribution in [2.24, 2.45) is 0 Å². The lowest BCUT2D eigenvalue weighted by atomic mass is 10.1. The maximum Gasteiger partial charge on any atom is 0.134 e. The van der Waals surface area contributed by atoms with Crippen molar-refractivity contribution in [2.45, 2.75) is 26.4 Å². The van der Waals surface area contributed by atoms with Crippen LogP contribution in [0.2, 0.25) is 0 Å². The van der Waals surface area contributed by atoms with Gasteiger partial charge in [-0.05, 0) is 37.6 Å². The summed E-state index contributed by atoms with van der Waals surface area (Å²) in [6, 6.07) is 16.9. The van der Waals surface area contributed by atoms with Crippen LogP contribution < -0.4 is 5.32 Å². The first-order valence-electron chi connectivity index (χ1n) is 7.11. The third kappa shape index (κ3) is 3.04. The van der Waals surface area contributed by atoms with Crippen molar-refractivity contribution in [3.05, 3.63) is 69.9 Å². The summed E-state index contributed by atoms with van der Waals surface area (Å²) in [6.45, 7) is 5.02. The standard InChI is InChI=1S/C18H18BrNO/c1-12(14-7-9-15(19)10-8-14)20-11-17-13(2)21-18-6-4-3-5-16(17)18/h3-10,12,20H,11H2,1-2H3/t12-/m1/s1. The lowest BCUT2D eigenvalue weighted by Crippen LogP contribution is -2.18. The number of fused-ring (bicyclic) bond motifs is 1. The molecule has 3 aromatic rings. The second kappa shape index (κ2) is 6.04. The lowest BCUT2D eigenvalue weighted by molar-refractivity contribution is 0.544. The van der Waals surface area contributed by atoms with E-state index in [0.717, 1.165) is 22.4 Å². The molecular formula is C18H18BrNO. The van der Waals surface area contributed by atoms with Gasteiger partial charge >= 0.3 is 0 Å². The molecule has 2 aromatic carbocycles. The number of nitrogens with one attached hydrogen (secondary N) is 1. The summed E-state index contributed by atoms with van der Waals surface area (Å²) in [4.78, 5) is 0. The lowest BCUT2D eigenvalue weighted by Gasteiger charge is -2.14. The zero-order valence-corrected chi connectivity index (χ0v) is 13.8. The second-order valence-electron chi connectivity index (χ2n) is 5.29. The molecule has 1 heterocycles. The normalized spacial score (nSPS) is 12.7. The number of para-hydroxylation sites is 1. The number of aryl methyl sites for hydroxylation is 1. The first kappa shape index (κ1) is 14.4. The fraction of sp³-hybridized carbons (Fsp3) is 0.222. The van der Waals surface area contributed by atoms with Crippen LogP contribution in [0.15, 0.2) is 57.4 Å². The maximum atomic E-state index is 5.81. The Labute approximate surface area is 133 Å². The van der Waals surface area contributed by atoms with Crippen LogP contribution in [0, 0.1) is 6.92 Å². The molecule has 108 valence electrons. The molecule has 2 nitrogen and oxygen atoms in total. The van der Waals surface area contributed by atoms with E-state index in [0.29, 0.717) is 6.04 Å². The van der Waals surface area contributed by atoms with Crippen molar-refractivity contribution in [1.82, 2.24) is 5.32 Å². The van der Waals surface area contributed by atoms with Crippen LogP contribution in [0.25, 0.3) is 11.0 Å². The number of rotatable bonds is 4. The molecule has 0 unspecified atom stereocenters. The molecule has 1 atom stereocenters. The average Bonchev–Trinajstić information content (AvgIpc) is 2.81. The molecule has 0 aliphatic carbocycles. The number of furan rings is 1. The monoisotopic (exact) mass is 343 g/mol. The van der Waals surface area contributed by atoms with Crippen molar-refractivity contribution in [3.63, 3.8) is 0 Å². The van der Waals surface area contributed by atoms with Crippen LogP contribution in [0.1, 0.15) is 29.9 Å². The molecule has 0 spiro atoms. The van der Waals surface area contributed by atoms with E-state index in [1.165, 1.54) is 16.5 Å². The van der Waals surface area contributed by atoms with Gasteiger partial charge in [-0.25, -0.2) is 0 Å². The Kier molecular flexibility index (Phi) is 4.13. The van der Waals surface area contributed by atoms with Crippen molar-refractivity contribution in [3.8, 4) is 0 Å². The highest BCUT2D eigenvalue weighted by Crippen LogP contribution is 2.26. The van der Waals surface area contributed by atoms with Crippen molar-refractivity contribution in [2.75, 3.05) is 0 Å². The second-order valence-corrected chi connectivity index (χ2v) is 6.20. The molecule has 0 amide bonds. The summed E-state index contributed by atoms with van der Waals surface area (Å²) in [7, 11) is 0. The molecule has 3 rings (SSSR count). The van der Waals surface area contributed by atoms with E-state index in [2.05, 4.69) is 64.6 Å². The van der Waals surface area contributed by atoms with E-state index in [4.69, 9.17) is 4.42 Å². The van der Waals surface area contributed by atoms with Crippen molar-refractivity contribution < 1.29 is 4.42 Å². The predicted molar refractivity (Wildman–Crippen MR) is 90.3 cm³/mol. The Morgan fingerprint density at radius 2 is 1.81 bits per heavy atom. The van der Waals surface area contributed by atoms with Gasteiger partial charge in [0.25, 0.3) is 0 Å². The van der Waals surface area contributed by atoms with Crippen molar-refractivity contribution in [1.29, 1.82) is 0 Å². The third-order valence-corrected chi connectivity index (χ3v) is 4.38. The van der Waals surface area contributed by atoms with Gasteiger partial charge in [0.05, 0.1) is 0 Å². The maximum absolute atomic E-state index is 5.81. The first-order valence-corrected chi connectivity index (χ1v) is 7.90. The van der Waals surface area contributed by atoms with Crippen LogP contribution >= 0.6 is 15.9 Å². The van der Waals surface area contributed by atoms with E-state index in [1.54, 1.807) is 0 Å². The molecule has 0 aliphatic rings. The Bertz CT molecular complexity index is 746. The Morgan fingerprint density at radius 1 is 1.10 bits per heavy atom. The van der Waals surface area contributed by atoms with Gasteiger partial charge in [0.2, 0.25) is 0 Å². The molecule has 0 aliphatic heterocycles. The smallest absolute Gasteiger partial charge is 0.134 e. The van der Waals surface area contributed by atoms with Crippen LogP contribution in [0.4, 0.5) is 0 Å². The number of hydrogen-bond donors (Lipinski definition) is 1. The largest absolute Gasteiger partial charge is 0.461 e. The molecule has 0 saturated carbocycles. The summed E-state index contributed by atoms with van der Waals surface area (Å²) in [5.41, 5.74) is 3.49. The van der Waals surface area contributed by atoms with Gasteiger partial charge in [0, 0.05) is 28.0 Å². The van der Waals surface area contributed by atoms with E-state index in [-0.39, 0.29) is 0 Å². The Morgan fingerprint density at radius 3 is 2.57 bits per heavy atom. The van der Waals surface area contributed by atoms with Crippen LogP contribution in [0.3, 0.4) is 0 Å². The fourth-order valence-electron chi connectivity index (χ4n) is 2.57. The Hall–Kier alpha value is -1.58. The highest BCUT2D eigenvalue weighted by molar-refractivity contribution is 9.10. The molecule has 1 aromatic heterocycles. The van der Waals surface area contributed by atoms with Crippen LogP contribution in [-0.4, -0.2) is 0 Å². The number of benzene rings is 2. The molecule has 0 radical (unpaired) electrons. The molecule has 3 heteroatoms. The topological polar surface area (TPSA) is 25.2 Å². The zero-order valence-electron chi connectivity index (χ0n) is 12.2. The summed E-state index contributed by atoms with van der Waals surface area (Å²) >= 11 is 3.47. The minimum absolute atomic E-state index is 0.297. The van der Waals surface area contributed by atoms with Crippen LogP contribution in [0.5, 0.6) is 0 Å². The Balaban J connectivity index is 1.77. The van der Waals surface area contributed by atoms with Gasteiger partial charge in [-0.2, -0.15) is 0 Å². The highest BCUT2D eigenvalue weighted by atomic mass is 79.9. The molecular weight excluding hydrogens is 326 g/mol. The van der Waals surface area contributed by atoms with Gasteiger partial charge in [-0.15, -0.1) is 0 Å². The van der Waals surface area contributed by atoms with Crippen molar-refractivity contribution >= 4 is 26.9 Å². The minimum atomic E-state index is 0.297. The average molecular weight is 344 g/mol. The van der Waals surface area contributed by atoms with E-state index < -0.39 is 0 Å². The first-order chi connectivity index (χ1) is 10.1. The predicted octanol–water partition coefficient (Wildman–Crippen LogP) is 5.35. The third-order valence-electron chi connectivity index (χ3n) is 3.86. The number of hydrogen-bond acceptors (Lipinski definition) is 2. The van der Waals surface area contributed by atoms with Crippen LogP contribution in [-0.2, 0) is 6.54 Å². The molecule has 0 fully saturated rings. The minimum Gasteiger partial charge on any atom is -0.461 e. The zero-order chi connectivity index (χ0) is 14.8. The summed E-state index contributed by atoms with van der Waals surface area (Å²) in [5, 5.41) is 4.78. The summed E-state index contributed by atoms with van der Waals surface area (Å²) in [5.74, 6) is 0.992. The van der Waals surface area contributed by atoms with E-state index >= 15 is 0 Å². The summed E-state index contributed by atoms with van der Waals surface area (Å²) in [6.07, 6.45) is 0. The van der Waals surface area contributed by atoms with E-state index in [1.807, 2.05) is 19.1 Å². The quantitative estimate of drug-likeness (QED) is 0.690. The van der Waals surface area contributed by atoms with Gasteiger partial charge < -0.3 is 9.73 Å². The number of halogens is 1. The van der Waals surface area contributed by atoms with E-state index in [9.17, 15) is 0 Å². The highest BCUT2D eigenvalue weighted by Gasteiger charge is 2.12. The fourth-order valence-corrected chi connectivity index (χ4v) is 2.83. The molecule has 21 heavy (non-hydrogen) atoms. The van der Waals surface area contributed by atoms with Gasteiger partial charge in [-0.1, -0.05) is 46.3 Å². The van der Waals surface area contributed by atoms with Gasteiger partial charge in [-0.3, -0.25) is 0 Å². The molecule has 1 N–H and O–H groups in total.